The van der Waals surface area contributed by atoms with E-state index >= 15 is 0 Å². The van der Waals surface area contributed by atoms with Gasteiger partial charge in [-0.05, 0) is 42.7 Å². The molecule has 2 N–H and O–H groups in total. The molecule has 0 saturated carbocycles. The Labute approximate surface area is 93.5 Å². The van der Waals surface area contributed by atoms with Crippen LogP contribution >= 0.6 is 0 Å². The first-order chi connectivity index (χ1) is 7.53. The van der Waals surface area contributed by atoms with E-state index in [4.69, 9.17) is 10.5 Å². The van der Waals surface area contributed by atoms with Gasteiger partial charge in [0.25, 0.3) is 0 Å². The summed E-state index contributed by atoms with van der Waals surface area (Å²) < 4.78 is 10.5. The van der Waals surface area contributed by atoms with E-state index in [0.29, 0.717) is 22.5 Å². The van der Waals surface area contributed by atoms with Crippen molar-refractivity contribution in [1.82, 2.24) is 10.3 Å². The van der Waals surface area contributed by atoms with Crippen molar-refractivity contribution in [2.45, 2.75) is 32.8 Å². The van der Waals surface area contributed by atoms with Gasteiger partial charge in [-0.1, -0.05) is 6.92 Å². The summed E-state index contributed by atoms with van der Waals surface area (Å²) in [4.78, 5) is 0. The fourth-order valence-electron chi connectivity index (χ4n) is 1.32. The van der Waals surface area contributed by atoms with Crippen LogP contribution in [-0.2, 0) is 0 Å². The summed E-state index contributed by atoms with van der Waals surface area (Å²) in [5.41, 5.74) is 7.16. The first-order valence-electron chi connectivity index (χ1n) is 5.23. The van der Waals surface area contributed by atoms with Crippen LogP contribution in [0.2, 0.25) is 0 Å². The lowest BCUT2D eigenvalue weighted by Crippen LogP contribution is -2.26. The summed E-state index contributed by atoms with van der Waals surface area (Å²) in [6.45, 7) is 6.10. The van der Waals surface area contributed by atoms with E-state index in [1.54, 1.807) is 12.1 Å². The van der Waals surface area contributed by atoms with Crippen molar-refractivity contribution in [3.8, 4) is 5.75 Å². The number of aromatic nitrogens is 2. The molecule has 16 heavy (non-hydrogen) atoms. The number of ether oxygens (including phenoxy) is 1. The number of hydrogen-bond donors (Lipinski definition) is 1. The summed E-state index contributed by atoms with van der Waals surface area (Å²) in [6, 6.07) is 3.53. The summed E-state index contributed by atoms with van der Waals surface area (Å²) >= 11 is 0. The largest absolute Gasteiger partial charge is 0.485 e. The Hall–Kier alpha value is -1.78. The van der Waals surface area contributed by atoms with Gasteiger partial charge in [0.05, 0.1) is 5.69 Å². The van der Waals surface area contributed by atoms with Gasteiger partial charge in [-0.15, -0.1) is 0 Å². The molecule has 0 aliphatic heterocycles. The van der Waals surface area contributed by atoms with Crippen molar-refractivity contribution < 1.29 is 9.37 Å². The highest BCUT2D eigenvalue weighted by Gasteiger charge is 2.20. The molecule has 5 heteroatoms. The third kappa shape index (κ3) is 1.80. The van der Waals surface area contributed by atoms with Crippen LogP contribution in [0.4, 0.5) is 5.69 Å². The number of fused-ring (bicyclic) bond motifs is 1. The van der Waals surface area contributed by atoms with Gasteiger partial charge in [0.15, 0.2) is 16.8 Å². The Morgan fingerprint density at radius 3 is 2.69 bits per heavy atom. The first-order valence-corrected chi connectivity index (χ1v) is 5.23. The van der Waals surface area contributed by atoms with Crippen LogP contribution in [0.15, 0.2) is 16.8 Å². The molecule has 2 rings (SSSR count). The van der Waals surface area contributed by atoms with Crippen molar-refractivity contribution in [3.05, 3.63) is 12.1 Å². The molecule has 0 atom stereocenters. The second kappa shape index (κ2) is 3.66. The fourth-order valence-corrected chi connectivity index (χ4v) is 1.32. The highest BCUT2D eigenvalue weighted by molar-refractivity contribution is 5.90. The van der Waals surface area contributed by atoms with Crippen molar-refractivity contribution in [2.75, 3.05) is 5.73 Å². The lowest BCUT2D eigenvalue weighted by molar-refractivity contribution is 0.107. The molecule has 0 fully saturated rings. The molecular formula is C11H15N3O2. The first kappa shape index (κ1) is 10.7. The SMILES string of the molecule is CCC(C)(C)Oc1ccc(N)c2nonc12. The van der Waals surface area contributed by atoms with Crippen LogP contribution in [0.25, 0.3) is 11.0 Å². The Kier molecular flexibility index (Phi) is 2.46. The lowest BCUT2D eigenvalue weighted by Gasteiger charge is -2.24. The molecule has 0 aliphatic rings. The lowest BCUT2D eigenvalue weighted by atomic mass is 10.1. The molecule has 86 valence electrons. The number of nitrogens with two attached hydrogens (primary N) is 1. The van der Waals surface area contributed by atoms with Gasteiger partial charge in [-0.25, -0.2) is 4.63 Å². The topological polar surface area (TPSA) is 74.2 Å². The molecule has 0 bridgehead atoms. The molecule has 1 aromatic carbocycles. The molecule has 2 aromatic rings. The van der Waals surface area contributed by atoms with Gasteiger partial charge < -0.3 is 10.5 Å². The van der Waals surface area contributed by atoms with E-state index < -0.39 is 0 Å². The molecule has 0 amide bonds. The highest BCUT2D eigenvalue weighted by atomic mass is 16.6. The molecule has 1 aromatic heterocycles. The van der Waals surface area contributed by atoms with E-state index in [2.05, 4.69) is 21.9 Å². The van der Waals surface area contributed by atoms with Crippen molar-refractivity contribution in [1.29, 1.82) is 0 Å². The zero-order chi connectivity index (χ0) is 11.8. The van der Waals surface area contributed by atoms with Gasteiger partial charge >= 0.3 is 0 Å². The molecule has 0 unspecified atom stereocenters. The van der Waals surface area contributed by atoms with Crippen molar-refractivity contribution in [2.24, 2.45) is 0 Å². The van der Waals surface area contributed by atoms with E-state index in [1.807, 2.05) is 13.8 Å². The molecule has 0 saturated heterocycles. The van der Waals surface area contributed by atoms with Gasteiger partial charge in [-0.3, -0.25) is 0 Å². The van der Waals surface area contributed by atoms with Gasteiger partial charge in [0.1, 0.15) is 5.60 Å². The van der Waals surface area contributed by atoms with E-state index in [9.17, 15) is 0 Å². The Morgan fingerprint density at radius 2 is 2.00 bits per heavy atom. The number of hydrogen-bond acceptors (Lipinski definition) is 5. The quantitative estimate of drug-likeness (QED) is 0.805. The molecule has 0 aliphatic carbocycles. The number of rotatable bonds is 3. The Bertz CT molecular complexity index is 505. The predicted octanol–water partition coefficient (Wildman–Crippen LogP) is 2.37. The minimum Gasteiger partial charge on any atom is -0.485 e. The van der Waals surface area contributed by atoms with Crippen LogP contribution in [0.1, 0.15) is 27.2 Å². The zero-order valence-corrected chi connectivity index (χ0v) is 9.65. The number of anilines is 1. The van der Waals surface area contributed by atoms with Crippen molar-refractivity contribution in [3.63, 3.8) is 0 Å². The minimum atomic E-state index is -0.248. The highest BCUT2D eigenvalue weighted by Crippen LogP contribution is 2.30. The summed E-state index contributed by atoms with van der Waals surface area (Å²) in [5.74, 6) is 0.650. The maximum absolute atomic E-state index is 5.86. The molecule has 5 nitrogen and oxygen atoms in total. The van der Waals surface area contributed by atoms with Crippen LogP contribution in [0.5, 0.6) is 5.75 Å². The van der Waals surface area contributed by atoms with Gasteiger partial charge in [-0.2, -0.15) is 0 Å². The average Bonchev–Trinajstić information content (AvgIpc) is 2.72. The van der Waals surface area contributed by atoms with Crippen LogP contribution in [-0.4, -0.2) is 15.9 Å². The average molecular weight is 221 g/mol. The minimum absolute atomic E-state index is 0.248. The summed E-state index contributed by atoms with van der Waals surface area (Å²) in [7, 11) is 0. The molecule has 1 heterocycles. The smallest absolute Gasteiger partial charge is 0.179 e. The third-order valence-corrected chi connectivity index (χ3v) is 2.65. The normalized spacial score (nSPS) is 11.9. The second-order valence-electron chi connectivity index (χ2n) is 4.33. The number of nitrogens with zero attached hydrogens (tertiary/aromatic N) is 2. The Morgan fingerprint density at radius 1 is 1.31 bits per heavy atom. The maximum atomic E-state index is 5.86. The van der Waals surface area contributed by atoms with Gasteiger partial charge in [0.2, 0.25) is 0 Å². The standard InChI is InChI=1S/C11H15N3O2/c1-4-11(2,3)15-8-6-5-7(12)9-10(8)14-16-13-9/h5-6H,4,12H2,1-3H3. The Balaban J connectivity index is 2.46. The fraction of sp³-hybridized carbons (Fsp3) is 0.455. The summed E-state index contributed by atoms with van der Waals surface area (Å²) in [6.07, 6.45) is 0.893. The number of benzene rings is 1. The second-order valence-corrected chi connectivity index (χ2v) is 4.33. The number of nitrogen functional groups attached to an aromatic ring is 1. The van der Waals surface area contributed by atoms with Crippen molar-refractivity contribution >= 4 is 16.7 Å². The van der Waals surface area contributed by atoms with Crippen LogP contribution in [0, 0.1) is 0 Å². The molecule has 0 radical (unpaired) electrons. The third-order valence-electron chi connectivity index (χ3n) is 2.65. The summed E-state index contributed by atoms with van der Waals surface area (Å²) in [5, 5.41) is 7.55. The maximum Gasteiger partial charge on any atom is 0.179 e. The monoisotopic (exact) mass is 221 g/mol. The van der Waals surface area contributed by atoms with E-state index in [0.717, 1.165) is 6.42 Å². The van der Waals surface area contributed by atoms with Crippen LogP contribution in [0.3, 0.4) is 0 Å². The van der Waals surface area contributed by atoms with Gasteiger partial charge in [0, 0.05) is 0 Å². The van der Waals surface area contributed by atoms with Crippen LogP contribution < -0.4 is 10.5 Å². The molecule has 0 spiro atoms. The molecular weight excluding hydrogens is 206 g/mol. The zero-order valence-electron chi connectivity index (χ0n) is 9.65. The predicted molar refractivity (Wildman–Crippen MR) is 61.2 cm³/mol. The van der Waals surface area contributed by atoms with E-state index in [1.165, 1.54) is 0 Å². The van der Waals surface area contributed by atoms with E-state index in [-0.39, 0.29) is 5.60 Å².